The van der Waals surface area contributed by atoms with Gasteiger partial charge in [-0.15, -0.1) is 0 Å². The molecular weight excluding hydrogens is 424 g/mol. The molecule has 0 aliphatic carbocycles. The summed E-state index contributed by atoms with van der Waals surface area (Å²) >= 11 is 6.24. The lowest BCUT2D eigenvalue weighted by Crippen LogP contribution is -2.49. The highest BCUT2D eigenvalue weighted by Gasteiger charge is 2.28. The second kappa shape index (κ2) is 11.3. The number of nitrogens with one attached hydrogen (secondary N) is 1. The van der Waals surface area contributed by atoms with Gasteiger partial charge in [-0.1, -0.05) is 72.3 Å². The van der Waals surface area contributed by atoms with Crippen LogP contribution in [0.1, 0.15) is 23.6 Å². The lowest BCUT2D eigenvalue weighted by molar-refractivity contribution is -0.139. The van der Waals surface area contributed by atoms with Crippen LogP contribution in [-0.4, -0.2) is 29.9 Å². The van der Waals surface area contributed by atoms with Crippen LogP contribution in [0.2, 0.25) is 5.02 Å². The molecule has 0 saturated carbocycles. The minimum atomic E-state index is -0.667. The lowest BCUT2D eigenvalue weighted by atomic mass is 10.0. The first-order valence-electron chi connectivity index (χ1n) is 10.4. The van der Waals surface area contributed by atoms with Crippen molar-refractivity contribution in [2.45, 2.75) is 32.5 Å². The van der Waals surface area contributed by atoms with E-state index >= 15 is 0 Å². The molecule has 1 atom stereocenters. The van der Waals surface area contributed by atoms with Crippen LogP contribution in [0.3, 0.4) is 0 Å². The van der Waals surface area contributed by atoms with E-state index in [-0.39, 0.29) is 18.4 Å². The third-order valence-electron chi connectivity index (χ3n) is 5.28. The van der Waals surface area contributed by atoms with Crippen LogP contribution in [0, 0.1) is 0 Å². The summed E-state index contributed by atoms with van der Waals surface area (Å²) < 4.78 is 5.21. The van der Waals surface area contributed by atoms with Crippen molar-refractivity contribution >= 4 is 23.4 Å². The van der Waals surface area contributed by atoms with E-state index in [0.29, 0.717) is 18.0 Å². The maximum atomic E-state index is 13.3. The van der Waals surface area contributed by atoms with Crippen molar-refractivity contribution in [3.8, 4) is 5.75 Å². The molecule has 3 aromatic carbocycles. The van der Waals surface area contributed by atoms with Crippen LogP contribution in [0.15, 0.2) is 78.9 Å². The lowest BCUT2D eigenvalue weighted by Gasteiger charge is -2.30. The van der Waals surface area contributed by atoms with Crippen molar-refractivity contribution in [2.24, 2.45) is 0 Å². The van der Waals surface area contributed by atoms with Crippen LogP contribution < -0.4 is 10.1 Å². The zero-order valence-electron chi connectivity index (χ0n) is 18.3. The molecular formula is C26H27ClN2O3. The fourth-order valence-electron chi connectivity index (χ4n) is 3.49. The van der Waals surface area contributed by atoms with Gasteiger partial charge in [-0.3, -0.25) is 9.59 Å². The van der Waals surface area contributed by atoms with E-state index in [0.717, 1.165) is 22.4 Å². The molecule has 0 aromatic heterocycles. The number of rotatable bonds is 9. The Labute approximate surface area is 194 Å². The molecule has 0 radical (unpaired) electrons. The fraction of sp³-hybridized carbons (Fsp3) is 0.231. The number of amides is 2. The third-order valence-corrected chi connectivity index (χ3v) is 5.65. The maximum absolute atomic E-state index is 13.3. The van der Waals surface area contributed by atoms with Gasteiger partial charge in [0.1, 0.15) is 11.8 Å². The number of methoxy groups -OCH3 is 1. The first-order valence-corrected chi connectivity index (χ1v) is 10.8. The molecule has 0 heterocycles. The van der Waals surface area contributed by atoms with Gasteiger partial charge in [0.25, 0.3) is 0 Å². The first-order chi connectivity index (χ1) is 15.5. The zero-order chi connectivity index (χ0) is 22.9. The number of carbonyl (C=O) groups excluding carboxylic acids is 2. The summed E-state index contributed by atoms with van der Waals surface area (Å²) in [5, 5.41) is 3.55. The molecule has 0 spiro atoms. The van der Waals surface area contributed by atoms with Crippen LogP contribution >= 0.6 is 11.6 Å². The Balaban J connectivity index is 1.83. The number of nitrogens with zero attached hydrogens (tertiary/aromatic N) is 1. The van der Waals surface area contributed by atoms with E-state index < -0.39 is 6.04 Å². The molecule has 0 fully saturated rings. The van der Waals surface area contributed by atoms with Crippen molar-refractivity contribution in [1.82, 2.24) is 10.2 Å². The smallest absolute Gasteiger partial charge is 0.243 e. The minimum absolute atomic E-state index is 0.172. The van der Waals surface area contributed by atoms with Gasteiger partial charge < -0.3 is 15.0 Å². The molecule has 3 rings (SSSR count). The Kier molecular flexibility index (Phi) is 8.28. The Morgan fingerprint density at radius 1 is 0.938 bits per heavy atom. The van der Waals surface area contributed by atoms with E-state index in [1.165, 1.54) is 6.92 Å². The largest absolute Gasteiger partial charge is 0.497 e. The fourth-order valence-corrected chi connectivity index (χ4v) is 3.69. The van der Waals surface area contributed by atoms with Crippen molar-refractivity contribution in [1.29, 1.82) is 0 Å². The van der Waals surface area contributed by atoms with E-state index in [4.69, 9.17) is 16.3 Å². The second-order valence-corrected chi connectivity index (χ2v) is 7.92. The summed E-state index contributed by atoms with van der Waals surface area (Å²) in [5.74, 6) is 0.341. The average Bonchev–Trinajstić information content (AvgIpc) is 2.81. The predicted molar refractivity (Wildman–Crippen MR) is 126 cm³/mol. The second-order valence-electron chi connectivity index (χ2n) is 7.51. The standard InChI is InChI=1S/C26H27ClN2O3/c1-19(30)29(18-21-12-14-23(32-2)15-13-21)25(16-20-8-4-3-5-9-20)26(31)28-17-22-10-6-7-11-24(22)27/h3-15,25H,16-18H2,1-2H3,(H,28,31). The van der Waals surface area contributed by atoms with Gasteiger partial charge in [-0.25, -0.2) is 0 Å². The SMILES string of the molecule is COc1ccc(CN(C(C)=O)C(Cc2ccccc2)C(=O)NCc2ccccc2Cl)cc1. The number of hydrogen-bond acceptors (Lipinski definition) is 3. The quantitative estimate of drug-likeness (QED) is 0.517. The Bertz CT molecular complexity index is 1040. The van der Waals surface area contributed by atoms with Crippen molar-refractivity contribution in [3.05, 3.63) is 101 Å². The Hall–Kier alpha value is -3.31. The molecule has 0 bridgehead atoms. The number of carbonyl (C=O) groups is 2. The van der Waals surface area contributed by atoms with Gasteiger partial charge in [-0.05, 0) is 34.9 Å². The van der Waals surface area contributed by atoms with Gasteiger partial charge in [0.05, 0.1) is 7.11 Å². The van der Waals surface area contributed by atoms with Gasteiger partial charge in [0.2, 0.25) is 11.8 Å². The summed E-state index contributed by atoms with van der Waals surface area (Å²) in [6, 6.07) is 23.9. The maximum Gasteiger partial charge on any atom is 0.243 e. The van der Waals surface area contributed by atoms with Gasteiger partial charge in [0, 0.05) is 31.5 Å². The molecule has 0 aliphatic heterocycles. The van der Waals surface area contributed by atoms with Crippen molar-refractivity contribution in [3.63, 3.8) is 0 Å². The number of ether oxygens (including phenoxy) is 1. The number of hydrogen-bond donors (Lipinski definition) is 1. The normalized spacial score (nSPS) is 11.5. The van der Waals surface area contributed by atoms with E-state index in [9.17, 15) is 9.59 Å². The summed E-state index contributed by atoms with van der Waals surface area (Å²) in [4.78, 5) is 27.5. The Morgan fingerprint density at radius 3 is 2.22 bits per heavy atom. The predicted octanol–water partition coefficient (Wildman–Crippen LogP) is 4.62. The van der Waals surface area contributed by atoms with E-state index in [2.05, 4.69) is 5.32 Å². The number of halogens is 1. The van der Waals surface area contributed by atoms with Crippen molar-refractivity contribution < 1.29 is 14.3 Å². The highest BCUT2D eigenvalue weighted by Crippen LogP contribution is 2.18. The van der Waals surface area contributed by atoms with Gasteiger partial charge in [-0.2, -0.15) is 0 Å². The van der Waals surface area contributed by atoms with Crippen molar-refractivity contribution in [2.75, 3.05) is 7.11 Å². The molecule has 1 unspecified atom stereocenters. The Morgan fingerprint density at radius 2 is 1.59 bits per heavy atom. The molecule has 2 amide bonds. The molecule has 1 N–H and O–H groups in total. The van der Waals surface area contributed by atoms with E-state index in [1.807, 2.05) is 72.8 Å². The van der Waals surface area contributed by atoms with Gasteiger partial charge in [0.15, 0.2) is 0 Å². The highest BCUT2D eigenvalue weighted by molar-refractivity contribution is 6.31. The highest BCUT2D eigenvalue weighted by atomic mass is 35.5. The van der Waals surface area contributed by atoms with Crippen LogP contribution in [-0.2, 0) is 29.1 Å². The molecule has 0 saturated heterocycles. The minimum Gasteiger partial charge on any atom is -0.497 e. The van der Waals surface area contributed by atoms with Gasteiger partial charge >= 0.3 is 0 Å². The number of benzene rings is 3. The molecule has 3 aromatic rings. The molecule has 5 nitrogen and oxygen atoms in total. The monoisotopic (exact) mass is 450 g/mol. The zero-order valence-corrected chi connectivity index (χ0v) is 19.0. The summed E-state index contributed by atoms with van der Waals surface area (Å²) in [7, 11) is 1.61. The van der Waals surface area contributed by atoms with Crippen LogP contribution in [0.4, 0.5) is 0 Å². The molecule has 32 heavy (non-hydrogen) atoms. The van der Waals surface area contributed by atoms with E-state index in [1.54, 1.807) is 18.1 Å². The summed E-state index contributed by atoms with van der Waals surface area (Å²) in [6.45, 7) is 2.09. The topological polar surface area (TPSA) is 58.6 Å². The summed E-state index contributed by atoms with van der Waals surface area (Å²) in [6.07, 6.45) is 0.408. The summed E-state index contributed by atoms with van der Waals surface area (Å²) in [5.41, 5.74) is 2.72. The first kappa shape index (κ1) is 23.4. The van der Waals surface area contributed by atoms with Crippen LogP contribution in [0.5, 0.6) is 5.75 Å². The molecule has 6 heteroatoms. The van der Waals surface area contributed by atoms with Crippen LogP contribution in [0.25, 0.3) is 0 Å². The third kappa shape index (κ3) is 6.34. The average molecular weight is 451 g/mol. The molecule has 166 valence electrons. The molecule has 0 aliphatic rings.